The van der Waals surface area contributed by atoms with Crippen LogP contribution in [-0.4, -0.2) is 29.9 Å². The van der Waals surface area contributed by atoms with E-state index < -0.39 is 0 Å². The topological polar surface area (TPSA) is 32.3 Å². The summed E-state index contributed by atoms with van der Waals surface area (Å²) in [7, 11) is 0. The number of halogens is 1. The molecule has 0 unspecified atom stereocenters. The summed E-state index contributed by atoms with van der Waals surface area (Å²) in [5.41, 5.74) is 2.63. The maximum absolute atomic E-state index is 12.7. The van der Waals surface area contributed by atoms with Gasteiger partial charge in [-0.05, 0) is 68.7 Å². The number of carbonyl (C=O) groups excluding carboxylic acids is 1. The highest BCUT2D eigenvalue weighted by Crippen LogP contribution is 2.30. The van der Waals surface area contributed by atoms with Crippen molar-refractivity contribution in [1.82, 2.24) is 10.2 Å². The lowest BCUT2D eigenvalue weighted by molar-refractivity contribution is -0.132. The van der Waals surface area contributed by atoms with Gasteiger partial charge in [-0.1, -0.05) is 31.2 Å². The molecule has 1 N–H and O–H groups in total. The minimum atomic E-state index is 0. The summed E-state index contributed by atoms with van der Waals surface area (Å²) in [5, 5.41) is 3.40. The number of aryl methyl sites for hydroxylation is 1. The van der Waals surface area contributed by atoms with Gasteiger partial charge in [0.05, 0.1) is 0 Å². The van der Waals surface area contributed by atoms with E-state index in [1.54, 1.807) is 0 Å². The fraction of sp³-hybridized carbons (Fsp3) is 0.650. The molecule has 0 atom stereocenters. The Morgan fingerprint density at radius 3 is 2.29 bits per heavy atom. The molecule has 1 aliphatic heterocycles. The highest BCUT2D eigenvalue weighted by molar-refractivity contribution is 5.85. The van der Waals surface area contributed by atoms with E-state index in [9.17, 15) is 4.79 Å². The average Bonchev–Trinajstić information content (AvgIpc) is 3.44. The predicted molar refractivity (Wildman–Crippen MR) is 101 cm³/mol. The lowest BCUT2D eigenvalue weighted by Gasteiger charge is -2.26. The third-order valence-corrected chi connectivity index (χ3v) is 5.32. The van der Waals surface area contributed by atoms with Crippen LogP contribution in [0.5, 0.6) is 0 Å². The molecule has 1 aromatic rings. The number of hydrogen-bond donors (Lipinski definition) is 1. The SMILES string of the molecule is CCc1ccc(CN(C(=O)CCC2CCNCC2)C2CC2)cc1.Cl. The molecule has 1 saturated carbocycles. The normalized spacial score (nSPS) is 18.0. The Hall–Kier alpha value is -1.06. The van der Waals surface area contributed by atoms with E-state index in [0.29, 0.717) is 11.9 Å². The second-order valence-electron chi connectivity index (χ2n) is 7.15. The van der Waals surface area contributed by atoms with Crippen LogP contribution in [0.4, 0.5) is 0 Å². The molecule has 0 bridgehead atoms. The predicted octanol–water partition coefficient (Wildman–Crippen LogP) is 3.94. The number of nitrogens with zero attached hydrogens (tertiary/aromatic N) is 1. The second kappa shape index (κ2) is 9.43. The number of carbonyl (C=O) groups is 1. The van der Waals surface area contributed by atoms with Crippen LogP contribution >= 0.6 is 12.4 Å². The van der Waals surface area contributed by atoms with Gasteiger partial charge < -0.3 is 10.2 Å². The van der Waals surface area contributed by atoms with Gasteiger partial charge in [0.15, 0.2) is 0 Å². The Morgan fingerprint density at radius 1 is 1.08 bits per heavy atom. The Kier molecular flexibility index (Phi) is 7.57. The monoisotopic (exact) mass is 350 g/mol. The van der Waals surface area contributed by atoms with Gasteiger partial charge in [0.1, 0.15) is 0 Å². The minimum absolute atomic E-state index is 0. The summed E-state index contributed by atoms with van der Waals surface area (Å²) in [5.74, 6) is 1.11. The molecule has 1 heterocycles. The first-order chi connectivity index (χ1) is 11.3. The van der Waals surface area contributed by atoms with Gasteiger partial charge in [0, 0.05) is 19.0 Å². The minimum Gasteiger partial charge on any atom is -0.335 e. The van der Waals surface area contributed by atoms with E-state index in [1.165, 1.54) is 36.8 Å². The van der Waals surface area contributed by atoms with Crippen LogP contribution in [0.2, 0.25) is 0 Å². The van der Waals surface area contributed by atoms with E-state index in [0.717, 1.165) is 44.8 Å². The van der Waals surface area contributed by atoms with E-state index in [4.69, 9.17) is 0 Å². The average molecular weight is 351 g/mol. The molecular weight excluding hydrogens is 320 g/mol. The molecule has 1 aromatic carbocycles. The zero-order valence-electron chi connectivity index (χ0n) is 14.8. The number of rotatable bonds is 7. The molecule has 134 valence electrons. The Morgan fingerprint density at radius 2 is 1.71 bits per heavy atom. The van der Waals surface area contributed by atoms with Crippen molar-refractivity contribution in [3.05, 3.63) is 35.4 Å². The van der Waals surface area contributed by atoms with Crippen LogP contribution in [-0.2, 0) is 17.8 Å². The van der Waals surface area contributed by atoms with Crippen LogP contribution in [0.3, 0.4) is 0 Å². The lowest BCUT2D eigenvalue weighted by Crippen LogP contribution is -2.33. The number of amides is 1. The van der Waals surface area contributed by atoms with Gasteiger partial charge in [-0.25, -0.2) is 0 Å². The van der Waals surface area contributed by atoms with Crippen molar-refractivity contribution in [2.24, 2.45) is 5.92 Å². The molecule has 1 amide bonds. The molecule has 4 heteroatoms. The smallest absolute Gasteiger partial charge is 0.223 e. The van der Waals surface area contributed by atoms with E-state index in [-0.39, 0.29) is 12.4 Å². The third-order valence-electron chi connectivity index (χ3n) is 5.32. The second-order valence-corrected chi connectivity index (χ2v) is 7.15. The molecule has 1 saturated heterocycles. The summed E-state index contributed by atoms with van der Waals surface area (Å²) >= 11 is 0. The summed E-state index contributed by atoms with van der Waals surface area (Å²) in [6.07, 6.45) is 7.71. The lowest BCUT2D eigenvalue weighted by atomic mass is 9.93. The zero-order valence-corrected chi connectivity index (χ0v) is 15.6. The van der Waals surface area contributed by atoms with Crippen molar-refractivity contribution in [2.75, 3.05) is 13.1 Å². The summed E-state index contributed by atoms with van der Waals surface area (Å²) < 4.78 is 0. The first-order valence-electron chi connectivity index (χ1n) is 9.34. The molecule has 0 radical (unpaired) electrons. The zero-order chi connectivity index (χ0) is 16.1. The van der Waals surface area contributed by atoms with Crippen molar-refractivity contribution >= 4 is 18.3 Å². The first-order valence-corrected chi connectivity index (χ1v) is 9.34. The molecule has 3 rings (SSSR count). The van der Waals surface area contributed by atoms with Gasteiger partial charge >= 0.3 is 0 Å². The standard InChI is InChI=1S/C20H30N2O.ClH/c1-2-16-3-5-18(6-4-16)15-22(19-8-9-19)20(23)10-7-17-11-13-21-14-12-17;/h3-6,17,19,21H,2,7-15H2,1H3;1H. The molecular formula is C20H31ClN2O. The molecule has 1 aliphatic carbocycles. The van der Waals surface area contributed by atoms with Gasteiger partial charge in [0.25, 0.3) is 0 Å². The van der Waals surface area contributed by atoms with E-state index in [1.807, 2.05) is 0 Å². The van der Waals surface area contributed by atoms with Crippen LogP contribution in [0, 0.1) is 5.92 Å². The molecule has 0 aromatic heterocycles. The third kappa shape index (κ3) is 5.49. The van der Waals surface area contributed by atoms with E-state index in [2.05, 4.69) is 41.4 Å². The van der Waals surface area contributed by atoms with Crippen molar-refractivity contribution in [3.8, 4) is 0 Å². The van der Waals surface area contributed by atoms with Crippen LogP contribution in [0.25, 0.3) is 0 Å². The number of hydrogen-bond acceptors (Lipinski definition) is 2. The highest BCUT2D eigenvalue weighted by Gasteiger charge is 2.32. The van der Waals surface area contributed by atoms with Crippen molar-refractivity contribution in [1.29, 1.82) is 0 Å². The van der Waals surface area contributed by atoms with Crippen LogP contribution in [0.1, 0.15) is 56.6 Å². The van der Waals surface area contributed by atoms with E-state index >= 15 is 0 Å². The largest absolute Gasteiger partial charge is 0.335 e. The highest BCUT2D eigenvalue weighted by atomic mass is 35.5. The Labute approximate surface area is 152 Å². The van der Waals surface area contributed by atoms with Crippen LogP contribution in [0.15, 0.2) is 24.3 Å². The van der Waals surface area contributed by atoms with Crippen molar-refractivity contribution < 1.29 is 4.79 Å². The van der Waals surface area contributed by atoms with Gasteiger partial charge in [-0.15, -0.1) is 12.4 Å². The first kappa shape index (κ1) is 19.3. The van der Waals surface area contributed by atoms with Crippen LogP contribution < -0.4 is 5.32 Å². The molecule has 24 heavy (non-hydrogen) atoms. The van der Waals surface area contributed by atoms with Gasteiger partial charge in [0.2, 0.25) is 5.91 Å². The number of nitrogens with one attached hydrogen (secondary N) is 1. The van der Waals surface area contributed by atoms with Crippen molar-refractivity contribution in [2.45, 2.75) is 64.5 Å². The quantitative estimate of drug-likeness (QED) is 0.807. The van der Waals surface area contributed by atoms with Gasteiger partial charge in [-0.3, -0.25) is 4.79 Å². The number of benzene rings is 1. The summed E-state index contributed by atoms with van der Waals surface area (Å²) in [6.45, 7) is 5.21. The molecule has 0 spiro atoms. The van der Waals surface area contributed by atoms with Crippen molar-refractivity contribution in [3.63, 3.8) is 0 Å². The maximum Gasteiger partial charge on any atom is 0.223 e. The molecule has 2 aliphatic rings. The fourth-order valence-corrected chi connectivity index (χ4v) is 3.53. The Bertz CT molecular complexity index is 507. The maximum atomic E-state index is 12.7. The Balaban J connectivity index is 0.00000208. The molecule has 2 fully saturated rings. The number of piperidine rings is 1. The molecule has 3 nitrogen and oxygen atoms in total. The fourth-order valence-electron chi connectivity index (χ4n) is 3.53. The summed E-state index contributed by atoms with van der Waals surface area (Å²) in [4.78, 5) is 14.8. The van der Waals surface area contributed by atoms with Gasteiger partial charge in [-0.2, -0.15) is 0 Å². The summed E-state index contributed by atoms with van der Waals surface area (Å²) in [6, 6.07) is 9.27.